The monoisotopic (exact) mass is 449 g/mol. The van der Waals surface area contributed by atoms with E-state index in [0.29, 0.717) is 17.1 Å². The lowest BCUT2D eigenvalue weighted by Crippen LogP contribution is -2.35. The standard InChI is InChI=1S/C23H27N7O3/c1-15-24-13-14-30(15)19-10-9-18(28-29-19)21(32)26-12-11-25-20(31)16-5-7-17(8-6-16)27-22(33)23(2,3)4/h5-10,13-14H,11-12H2,1-4H3,(H,25,31)(H,26,32)(H,27,33). The van der Waals surface area contributed by atoms with Crippen LogP contribution < -0.4 is 16.0 Å². The first-order valence-corrected chi connectivity index (χ1v) is 10.5. The molecular formula is C23H27N7O3. The lowest BCUT2D eigenvalue weighted by molar-refractivity contribution is -0.123. The fraction of sp³-hybridized carbons (Fsp3) is 0.304. The van der Waals surface area contributed by atoms with Crippen LogP contribution in [0, 0.1) is 12.3 Å². The van der Waals surface area contributed by atoms with Gasteiger partial charge in [-0.05, 0) is 43.3 Å². The van der Waals surface area contributed by atoms with Gasteiger partial charge in [0.2, 0.25) is 5.91 Å². The highest BCUT2D eigenvalue weighted by Crippen LogP contribution is 2.17. The number of carbonyl (C=O) groups is 3. The van der Waals surface area contributed by atoms with E-state index in [9.17, 15) is 14.4 Å². The van der Waals surface area contributed by atoms with Gasteiger partial charge in [0.25, 0.3) is 11.8 Å². The van der Waals surface area contributed by atoms with Gasteiger partial charge in [0, 0.05) is 42.1 Å². The zero-order valence-corrected chi connectivity index (χ0v) is 19.0. The van der Waals surface area contributed by atoms with Crippen LogP contribution in [0.2, 0.25) is 0 Å². The number of anilines is 1. The van der Waals surface area contributed by atoms with Gasteiger partial charge in [-0.15, -0.1) is 10.2 Å². The minimum absolute atomic E-state index is 0.105. The molecule has 0 aliphatic heterocycles. The lowest BCUT2D eigenvalue weighted by atomic mass is 9.95. The molecule has 2 heterocycles. The average molecular weight is 450 g/mol. The second kappa shape index (κ2) is 10.0. The normalized spacial score (nSPS) is 11.0. The molecule has 3 rings (SSSR count). The summed E-state index contributed by atoms with van der Waals surface area (Å²) in [5.41, 5.74) is 0.740. The Balaban J connectivity index is 1.44. The van der Waals surface area contributed by atoms with Gasteiger partial charge >= 0.3 is 0 Å². The predicted octanol–water partition coefficient (Wildman–Crippen LogP) is 2.12. The summed E-state index contributed by atoms with van der Waals surface area (Å²) in [5, 5.41) is 16.2. The number of aromatic nitrogens is 4. The van der Waals surface area contributed by atoms with Gasteiger partial charge in [-0.1, -0.05) is 20.8 Å². The molecule has 0 spiro atoms. The van der Waals surface area contributed by atoms with Crippen LogP contribution in [-0.2, 0) is 4.79 Å². The molecular weight excluding hydrogens is 422 g/mol. The number of benzene rings is 1. The topological polar surface area (TPSA) is 131 Å². The summed E-state index contributed by atoms with van der Waals surface area (Å²) < 4.78 is 1.76. The lowest BCUT2D eigenvalue weighted by Gasteiger charge is -2.17. The molecule has 10 heteroatoms. The number of rotatable bonds is 7. The van der Waals surface area contributed by atoms with Crippen molar-refractivity contribution in [2.45, 2.75) is 27.7 Å². The molecule has 10 nitrogen and oxygen atoms in total. The highest BCUT2D eigenvalue weighted by Gasteiger charge is 2.21. The molecule has 0 saturated heterocycles. The molecule has 2 aromatic heterocycles. The predicted molar refractivity (Wildman–Crippen MR) is 123 cm³/mol. The third kappa shape index (κ3) is 6.22. The van der Waals surface area contributed by atoms with Crippen molar-refractivity contribution in [2.75, 3.05) is 18.4 Å². The second-order valence-electron chi connectivity index (χ2n) is 8.41. The minimum Gasteiger partial charge on any atom is -0.350 e. The van der Waals surface area contributed by atoms with E-state index in [0.717, 1.165) is 5.82 Å². The molecule has 0 fully saturated rings. The second-order valence-corrected chi connectivity index (χ2v) is 8.41. The van der Waals surface area contributed by atoms with Crippen LogP contribution in [0.5, 0.6) is 0 Å². The van der Waals surface area contributed by atoms with Crippen LogP contribution >= 0.6 is 0 Å². The van der Waals surface area contributed by atoms with Crippen LogP contribution in [0.15, 0.2) is 48.8 Å². The number of aryl methyl sites for hydroxylation is 1. The molecule has 0 aliphatic carbocycles. The Labute approximate surface area is 191 Å². The molecule has 3 amide bonds. The van der Waals surface area contributed by atoms with Crippen molar-refractivity contribution in [3.8, 4) is 5.82 Å². The Morgan fingerprint density at radius 2 is 1.58 bits per heavy atom. The SMILES string of the molecule is Cc1nccn1-c1ccc(C(=O)NCCNC(=O)c2ccc(NC(=O)C(C)(C)C)cc2)nn1. The number of imidazole rings is 1. The Morgan fingerprint density at radius 1 is 0.909 bits per heavy atom. The van der Waals surface area contributed by atoms with Crippen molar-refractivity contribution in [1.82, 2.24) is 30.4 Å². The fourth-order valence-corrected chi connectivity index (χ4v) is 2.76. The highest BCUT2D eigenvalue weighted by atomic mass is 16.2. The van der Waals surface area contributed by atoms with E-state index in [1.807, 2.05) is 27.7 Å². The van der Waals surface area contributed by atoms with Crippen LogP contribution in [-0.4, -0.2) is 50.6 Å². The van der Waals surface area contributed by atoms with E-state index in [1.165, 1.54) is 0 Å². The van der Waals surface area contributed by atoms with Crippen LogP contribution in [0.1, 0.15) is 47.4 Å². The van der Waals surface area contributed by atoms with Gasteiger partial charge in [0.15, 0.2) is 11.5 Å². The van der Waals surface area contributed by atoms with E-state index >= 15 is 0 Å². The number of nitrogens with zero attached hydrogens (tertiary/aromatic N) is 4. The summed E-state index contributed by atoms with van der Waals surface area (Å²) in [5.74, 6) is 0.563. The molecule has 3 aromatic rings. The van der Waals surface area contributed by atoms with E-state index in [2.05, 4.69) is 31.1 Å². The van der Waals surface area contributed by atoms with Gasteiger partial charge in [-0.3, -0.25) is 19.0 Å². The maximum Gasteiger partial charge on any atom is 0.271 e. The number of hydrogen-bond donors (Lipinski definition) is 3. The van der Waals surface area contributed by atoms with Crippen LogP contribution in [0.4, 0.5) is 5.69 Å². The summed E-state index contributed by atoms with van der Waals surface area (Å²) in [4.78, 5) is 40.7. The van der Waals surface area contributed by atoms with E-state index in [1.54, 1.807) is 53.4 Å². The fourth-order valence-electron chi connectivity index (χ4n) is 2.76. The molecule has 0 bridgehead atoms. The van der Waals surface area contributed by atoms with Crippen LogP contribution in [0.3, 0.4) is 0 Å². The van der Waals surface area contributed by atoms with E-state index < -0.39 is 5.41 Å². The summed E-state index contributed by atoms with van der Waals surface area (Å²) in [6, 6.07) is 9.88. The Bertz CT molecular complexity index is 1130. The maximum absolute atomic E-state index is 12.3. The molecule has 0 unspecified atom stereocenters. The number of hydrogen-bond acceptors (Lipinski definition) is 6. The number of carbonyl (C=O) groups excluding carboxylic acids is 3. The van der Waals surface area contributed by atoms with Gasteiger partial charge in [-0.2, -0.15) is 0 Å². The largest absolute Gasteiger partial charge is 0.350 e. The molecule has 1 aromatic carbocycles. The zero-order valence-electron chi connectivity index (χ0n) is 19.0. The Morgan fingerprint density at radius 3 is 2.12 bits per heavy atom. The first-order chi connectivity index (χ1) is 15.6. The average Bonchev–Trinajstić information content (AvgIpc) is 3.22. The van der Waals surface area contributed by atoms with Crippen molar-refractivity contribution in [3.63, 3.8) is 0 Å². The smallest absolute Gasteiger partial charge is 0.271 e. The molecule has 33 heavy (non-hydrogen) atoms. The Hall–Kier alpha value is -4.08. The molecule has 3 N–H and O–H groups in total. The maximum atomic E-state index is 12.3. The molecule has 0 saturated carbocycles. The van der Waals surface area contributed by atoms with Crippen molar-refractivity contribution < 1.29 is 14.4 Å². The first-order valence-electron chi connectivity index (χ1n) is 10.5. The quantitative estimate of drug-likeness (QED) is 0.474. The number of nitrogens with one attached hydrogen (secondary N) is 3. The van der Waals surface area contributed by atoms with Crippen molar-refractivity contribution in [2.24, 2.45) is 5.41 Å². The van der Waals surface area contributed by atoms with E-state index in [-0.39, 0.29) is 36.5 Å². The minimum atomic E-state index is -0.507. The van der Waals surface area contributed by atoms with E-state index in [4.69, 9.17) is 0 Å². The van der Waals surface area contributed by atoms with Crippen LogP contribution in [0.25, 0.3) is 5.82 Å². The van der Waals surface area contributed by atoms with Crippen molar-refractivity contribution in [1.29, 1.82) is 0 Å². The van der Waals surface area contributed by atoms with Crippen molar-refractivity contribution >= 4 is 23.4 Å². The first kappa shape index (κ1) is 23.6. The summed E-state index contributed by atoms with van der Waals surface area (Å²) >= 11 is 0. The zero-order chi connectivity index (χ0) is 24.0. The third-order valence-corrected chi connectivity index (χ3v) is 4.74. The molecule has 0 radical (unpaired) electrons. The van der Waals surface area contributed by atoms with Gasteiger partial charge in [0.05, 0.1) is 0 Å². The van der Waals surface area contributed by atoms with Gasteiger partial charge < -0.3 is 16.0 Å². The summed E-state index contributed by atoms with van der Waals surface area (Å²) in [7, 11) is 0. The summed E-state index contributed by atoms with van der Waals surface area (Å²) in [6.07, 6.45) is 3.42. The summed E-state index contributed by atoms with van der Waals surface area (Å²) in [6.45, 7) is 7.80. The number of amides is 3. The van der Waals surface area contributed by atoms with Crippen molar-refractivity contribution in [3.05, 3.63) is 65.9 Å². The molecule has 172 valence electrons. The molecule has 0 atom stereocenters. The van der Waals surface area contributed by atoms with Gasteiger partial charge in [0.1, 0.15) is 5.82 Å². The highest BCUT2D eigenvalue weighted by molar-refractivity contribution is 5.97. The van der Waals surface area contributed by atoms with Gasteiger partial charge in [-0.25, -0.2) is 4.98 Å². The molecule has 0 aliphatic rings. The third-order valence-electron chi connectivity index (χ3n) is 4.74. The Kier molecular flexibility index (Phi) is 7.17.